The first-order valence-corrected chi connectivity index (χ1v) is 8.17. The SMILES string of the molecule is CCCOc1ccc(CNC(=NC)NCC(=O)NC(C)(C)C)cn1.I. The number of carbonyl (C=O) groups is 1. The normalized spacial score (nSPS) is 11.3. The maximum Gasteiger partial charge on any atom is 0.239 e. The molecule has 0 saturated carbocycles. The van der Waals surface area contributed by atoms with Crippen molar-refractivity contribution < 1.29 is 9.53 Å². The van der Waals surface area contributed by atoms with Crippen LogP contribution in [0.3, 0.4) is 0 Å². The number of guanidine groups is 1. The second kappa shape index (κ2) is 11.9. The van der Waals surface area contributed by atoms with Crippen LogP contribution in [0.1, 0.15) is 39.7 Å². The van der Waals surface area contributed by atoms with Gasteiger partial charge in [-0.3, -0.25) is 9.79 Å². The van der Waals surface area contributed by atoms with E-state index in [0.29, 0.717) is 25.0 Å². The van der Waals surface area contributed by atoms with E-state index < -0.39 is 0 Å². The largest absolute Gasteiger partial charge is 0.478 e. The monoisotopic (exact) mass is 463 g/mol. The first-order chi connectivity index (χ1) is 11.3. The number of ether oxygens (including phenoxy) is 1. The van der Waals surface area contributed by atoms with Gasteiger partial charge >= 0.3 is 0 Å². The van der Waals surface area contributed by atoms with Crippen LogP contribution >= 0.6 is 24.0 Å². The summed E-state index contributed by atoms with van der Waals surface area (Å²) < 4.78 is 5.45. The average molecular weight is 463 g/mol. The Bertz CT molecular complexity index is 541. The summed E-state index contributed by atoms with van der Waals surface area (Å²) in [5.41, 5.74) is 0.754. The minimum Gasteiger partial charge on any atom is -0.478 e. The van der Waals surface area contributed by atoms with Gasteiger partial charge in [-0.1, -0.05) is 13.0 Å². The van der Waals surface area contributed by atoms with Crippen molar-refractivity contribution in [1.29, 1.82) is 0 Å². The Morgan fingerprint density at radius 1 is 1.28 bits per heavy atom. The molecule has 0 aliphatic heterocycles. The van der Waals surface area contributed by atoms with Crippen LogP contribution in [0.4, 0.5) is 0 Å². The molecule has 3 N–H and O–H groups in total. The summed E-state index contributed by atoms with van der Waals surface area (Å²) in [5, 5.41) is 9.01. The zero-order valence-electron chi connectivity index (χ0n) is 15.7. The number of nitrogens with one attached hydrogen (secondary N) is 3. The molecule has 0 saturated heterocycles. The van der Waals surface area contributed by atoms with E-state index in [2.05, 4.69) is 32.9 Å². The Morgan fingerprint density at radius 2 is 2.00 bits per heavy atom. The van der Waals surface area contributed by atoms with Gasteiger partial charge in [0.25, 0.3) is 0 Å². The second-order valence-electron chi connectivity index (χ2n) is 6.43. The fraction of sp³-hybridized carbons (Fsp3) is 0.588. The number of aromatic nitrogens is 1. The van der Waals surface area contributed by atoms with Gasteiger partial charge in [0.15, 0.2) is 5.96 Å². The molecule has 0 fully saturated rings. The van der Waals surface area contributed by atoms with Gasteiger partial charge in [0.2, 0.25) is 11.8 Å². The standard InChI is InChI=1S/C17H29N5O2.HI/c1-6-9-24-15-8-7-13(10-19-15)11-20-16(18-5)21-12-14(23)22-17(2,3)4;/h7-8,10H,6,9,11-12H2,1-5H3,(H,22,23)(H2,18,20,21);1H. The van der Waals surface area contributed by atoms with Crippen molar-refractivity contribution >= 4 is 35.8 Å². The third-order valence-electron chi connectivity index (χ3n) is 2.87. The van der Waals surface area contributed by atoms with Gasteiger partial charge in [-0.2, -0.15) is 0 Å². The summed E-state index contributed by atoms with van der Waals surface area (Å²) >= 11 is 0. The summed E-state index contributed by atoms with van der Waals surface area (Å²) in [7, 11) is 1.66. The molecule has 1 heterocycles. The molecule has 25 heavy (non-hydrogen) atoms. The highest BCUT2D eigenvalue weighted by Gasteiger charge is 2.13. The zero-order chi connectivity index (χ0) is 18.0. The van der Waals surface area contributed by atoms with Crippen LogP contribution in [-0.4, -0.2) is 42.6 Å². The quantitative estimate of drug-likeness (QED) is 0.328. The molecular weight excluding hydrogens is 433 g/mol. The molecule has 0 aliphatic carbocycles. The van der Waals surface area contributed by atoms with E-state index >= 15 is 0 Å². The summed E-state index contributed by atoms with van der Waals surface area (Å²) in [6.45, 7) is 9.27. The lowest BCUT2D eigenvalue weighted by molar-refractivity contribution is -0.121. The molecule has 142 valence electrons. The molecule has 0 aliphatic rings. The highest BCUT2D eigenvalue weighted by Crippen LogP contribution is 2.07. The van der Waals surface area contributed by atoms with Crippen LogP contribution in [0.15, 0.2) is 23.3 Å². The smallest absolute Gasteiger partial charge is 0.239 e. The van der Waals surface area contributed by atoms with E-state index in [4.69, 9.17) is 4.74 Å². The molecule has 0 unspecified atom stereocenters. The Morgan fingerprint density at radius 3 is 2.52 bits per heavy atom. The van der Waals surface area contributed by atoms with Crippen LogP contribution in [0.2, 0.25) is 0 Å². The van der Waals surface area contributed by atoms with Gasteiger partial charge in [0, 0.05) is 31.4 Å². The molecule has 1 aromatic heterocycles. The summed E-state index contributed by atoms with van der Waals surface area (Å²) in [6.07, 6.45) is 2.72. The van der Waals surface area contributed by atoms with Crippen LogP contribution < -0.4 is 20.7 Å². The van der Waals surface area contributed by atoms with Crippen molar-refractivity contribution in [2.75, 3.05) is 20.2 Å². The Labute approximate surface area is 167 Å². The van der Waals surface area contributed by atoms with Crippen LogP contribution in [0.5, 0.6) is 5.88 Å². The van der Waals surface area contributed by atoms with E-state index in [0.717, 1.165) is 12.0 Å². The van der Waals surface area contributed by atoms with E-state index in [-0.39, 0.29) is 42.0 Å². The molecule has 1 amide bonds. The number of hydrogen-bond donors (Lipinski definition) is 3. The topological polar surface area (TPSA) is 87.6 Å². The van der Waals surface area contributed by atoms with E-state index in [1.165, 1.54) is 0 Å². The number of aliphatic imine (C=N–C) groups is 1. The van der Waals surface area contributed by atoms with Crippen molar-refractivity contribution in [2.24, 2.45) is 4.99 Å². The fourth-order valence-electron chi connectivity index (χ4n) is 1.84. The number of carbonyl (C=O) groups excluding carboxylic acids is 1. The lowest BCUT2D eigenvalue weighted by Gasteiger charge is -2.21. The maximum atomic E-state index is 11.8. The fourth-order valence-corrected chi connectivity index (χ4v) is 1.84. The van der Waals surface area contributed by atoms with Crippen molar-refractivity contribution in [2.45, 2.75) is 46.2 Å². The first kappa shape index (κ1) is 23.4. The molecule has 0 atom stereocenters. The van der Waals surface area contributed by atoms with Crippen molar-refractivity contribution in [3.05, 3.63) is 23.9 Å². The molecule has 7 nitrogen and oxygen atoms in total. The lowest BCUT2D eigenvalue weighted by Crippen LogP contribution is -2.48. The highest BCUT2D eigenvalue weighted by atomic mass is 127. The van der Waals surface area contributed by atoms with Gasteiger partial charge in [-0.05, 0) is 32.8 Å². The first-order valence-electron chi connectivity index (χ1n) is 8.17. The van der Waals surface area contributed by atoms with Crippen LogP contribution in [0.25, 0.3) is 0 Å². The van der Waals surface area contributed by atoms with Crippen molar-refractivity contribution in [1.82, 2.24) is 20.9 Å². The molecule has 0 radical (unpaired) electrons. The molecule has 0 aromatic carbocycles. The van der Waals surface area contributed by atoms with Crippen molar-refractivity contribution in [3.8, 4) is 5.88 Å². The third-order valence-corrected chi connectivity index (χ3v) is 2.87. The Kier molecular flexibility index (Phi) is 11.1. The zero-order valence-corrected chi connectivity index (χ0v) is 18.0. The minimum absolute atomic E-state index is 0. The summed E-state index contributed by atoms with van der Waals surface area (Å²) in [5.74, 6) is 1.11. The predicted molar refractivity (Wildman–Crippen MR) is 112 cm³/mol. The number of pyridine rings is 1. The van der Waals surface area contributed by atoms with Gasteiger partial charge in [-0.25, -0.2) is 4.98 Å². The van der Waals surface area contributed by atoms with Gasteiger partial charge in [0.05, 0.1) is 13.2 Å². The number of halogens is 1. The van der Waals surface area contributed by atoms with Gasteiger partial charge in [0.1, 0.15) is 0 Å². The van der Waals surface area contributed by atoms with E-state index in [9.17, 15) is 4.79 Å². The van der Waals surface area contributed by atoms with Crippen molar-refractivity contribution in [3.63, 3.8) is 0 Å². The van der Waals surface area contributed by atoms with Gasteiger partial charge in [-0.15, -0.1) is 24.0 Å². The molecule has 0 bridgehead atoms. The molecule has 8 heteroatoms. The highest BCUT2D eigenvalue weighted by molar-refractivity contribution is 14.0. The Balaban J connectivity index is 0.00000576. The predicted octanol–water partition coefficient (Wildman–Crippen LogP) is 2.07. The minimum atomic E-state index is -0.247. The molecule has 0 spiro atoms. The maximum absolute atomic E-state index is 11.8. The average Bonchev–Trinajstić information content (AvgIpc) is 2.52. The summed E-state index contributed by atoms with van der Waals surface area (Å²) in [6, 6.07) is 3.80. The summed E-state index contributed by atoms with van der Waals surface area (Å²) in [4.78, 5) is 20.1. The number of rotatable bonds is 7. The molecular formula is C17H30IN5O2. The number of amides is 1. The van der Waals surface area contributed by atoms with E-state index in [1.54, 1.807) is 13.2 Å². The van der Waals surface area contributed by atoms with Gasteiger partial charge < -0.3 is 20.7 Å². The Hall–Kier alpha value is -1.58. The number of hydrogen-bond acceptors (Lipinski definition) is 4. The van der Waals surface area contributed by atoms with E-state index in [1.807, 2.05) is 32.9 Å². The molecule has 1 aromatic rings. The lowest BCUT2D eigenvalue weighted by atomic mass is 10.1. The van der Waals surface area contributed by atoms with Crippen LogP contribution in [0, 0.1) is 0 Å². The molecule has 1 rings (SSSR count). The second-order valence-corrected chi connectivity index (χ2v) is 6.43. The van der Waals surface area contributed by atoms with Crippen LogP contribution in [-0.2, 0) is 11.3 Å². The third kappa shape index (κ3) is 10.8. The number of nitrogens with zero attached hydrogens (tertiary/aromatic N) is 2.